The van der Waals surface area contributed by atoms with Crippen molar-refractivity contribution < 1.29 is 14.3 Å². The quantitative estimate of drug-likeness (QED) is 0.926. The zero-order valence-corrected chi connectivity index (χ0v) is 13.2. The first-order valence-electron chi connectivity index (χ1n) is 7.78. The van der Waals surface area contributed by atoms with E-state index in [4.69, 9.17) is 10.5 Å². The van der Waals surface area contributed by atoms with E-state index in [-0.39, 0.29) is 17.7 Å². The highest BCUT2D eigenvalue weighted by molar-refractivity contribution is 5.84. The second kappa shape index (κ2) is 6.32. The predicted octanol–water partition coefficient (Wildman–Crippen LogP) is 1.37. The first-order chi connectivity index (χ1) is 11.1. The molecule has 23 heavy (non-hydrogen) atoms. The van der Waals surface area contributed by atoms with Crippen LogP contribution in [0.5, 0.6) is 5.75 Å². The monoisotopic (exact) mass is 315 g/mol. The summed E-state index contributed by atoms with van der Waals surface area (Å²) >= 11 is 0. The number of ether oxygens (including phenoxy) is 1. The Balaban J connectivity index is 1.68. The highest BCUT2D eigenvalue weighted by Crippen LogP contribution is 2.22. The van der Waals surface area contributed by atoms with Gasteiger partial charge in [0.25, 0.3) is 0 Å². The summed E-state index contributed by atoms with van der Waals surface area (Å²) in [5.74, 6) is 0.512. The number of hydrogen-bond donors (Lipinski definition) is 1. The molecule has 3 rings (SSSR count). The second-order valence-corrected chi connectivity index (χ2v) is 5.93. The molecule has 2 heterocycles. The fourth-order valence-corrected chi connectivity index (χ4v) is 3.10. The van der Waals surface area contributed by atoms with E-state index in [1.54, 1.807) is 7.11 Å². The molecule has 0 radical (unpaired) electrons. The molecule has 6 nitrogen and oxygen atoms in total. The standard InChI is InChI=1S/C17H21N3O3/c1-23-14-2-3-15-13(10-14)6-9-20(15)11-16(21)19-7-4-12(5-8-19)17(18)22/h2-3,6,9-10,12H,4-5,7-8,11H2,1H3,(H2,18,22). The van der Waals surface area contributed by atoms with Crippen molar-refractivity contribution in [2.24, 2.45) is 11.7 Å². The Morgan fingerprint density at radius 1 is 1.26 bits per heavy atom. The van der Waals surface area contributed by atoms with Gasteiger partial charge in [0, 0.05) is 36.1 Å². The summed E-state index contributed by atoms with van der Waals surface area (Å²) < 4.78 is 7.16. The molecular formula is C17H21N3O3. The second-order valence-electron chi connectivity index (χ2n) is 5.93. The van der Waals surface area contributed by atoms with E-state index >= 15 is 0 Å². The highest BCUT2D eigenvalue weighted by Gasteiger charge is 2.25. The number of hydrogen-bond acceptors (Lipinski definition) is 3. The molecule has 1 aliphatic rings. The van der Waals surface area contributed by atoms with Crippen LogP contribution in [0.4, 0.5) is 0 Å². The van der Waals surface area contributed by atoms with Crippen LogP contribution < -0.4 is 10.5 Å². The lowest BCUT2D eigenvalue weighted by Crippen LogP contribution is -2.42. The number of carbonyl (C=O) groups excluding carboxylic acids is 2. The Kier molecular flexibility index (Phi) is 4.23. The average Bonchev–Trinajstić information content (AvgIpc) is 2.97. The molecular weight excluding hydrogens is 294 g/mol. The first-order valence-corrected chi connectivity index (χ1v) is 7.78. The molecule has 0 atom stereocenters. The van der Waals surface area contributed by atoms with Gasteiger partial charge in [-0.2, -0.15) is 0 Å². The van der Waals surface area contributed by atoms with Gasteiger partial charge in [-0.15, -0.1) is 0 Å². The lowest BCUT2D eigenvalue weighted by atomic mass is 9.96. The smallest absolute Gasteiger partial charge is 0.242 e. The van der Waals surface area contributed by atoms with E-state index in [1.165, 1.54) is 0 Å². The Morgan fingerprint density at radius 2 is 2.00 bits per heavy atom. The molecule has 0 unspecified atom stereocenters. The van der Waals surface area contributed by atoms with Crippen LogP contribution >= 0.6 is 0 Å². The maximum Gasteiger partial charge on any atom is 0.242 e. The molecule has 6 heteroatoms. The fourth-order valence-electron chi connectivity index (χ4n) is 3.10. The van der Waals surface area contributed by atoms with Crippen molar-refractivity contribution in [3.63, 3.8) is 0 Å². The van der Waals surface area contributed by atoms with Crippen molar-refractivity contribution in [1.29, 1.82) is 0 Å². The molecule has 2 aromatic rings. The summed E-state index contributed by atoms with van der Waals surface area (Å²) in [6.07, 6.45) is 3.23. The molecule has 2 N–H and O–H groups in total. The molecule has 1 aromatic heterocycles. The Morgan fingerprint density at radius 3 is 2.65 bits per heavy atom. The van der Waals surface area contributed by atoms with E-state index in [0.717, 1.165) is 16.7 Å². The Labute approximate surface area is 134 Å². The maximum absolute atomic E-state index is 12.5. The van der Waals surface area contributed by atoms with E-state index < -0.39 is 0 Å². The summed E-state index contributed by atoms with van der Waals surface area (Å²) in [4.78, 5) is 25.5. The van der Waals surface area contributed by atoms with E-state index in [1.807, 2.05) is 39.9 Å². The molecule has 0 saturated carbocycles. The van der Waals surface area contributed by atoms with Crippen LogP contribution in [0, 0.1) is 5.92 Å². The summed E-state index contributed by atoms with van der Waals surface area (Å²) in [5, 5.41) is 1.05. The number of primary amides is 1. The number of rotatable bonds is 4. The zero-order valence-electron chi connectivity index (χ0n) is 13.2. The van der Waals surface area contributed by atoms with Crippen molar-refractivity contribution in [2.75, 3.05) is 20.2 Å². The van der Waals surface area contributed by atoms with Gasteiger partial charge in [-0.25, -0.2) is 0 Å². The van der Waals surface area contributed by atoms with Gasteiger partial charge in [0.15, 0.2) is 0 Å². The number of benzene rings is 1. The number of carbonyl (C=O) groups is 2. The minimum Gasteiger partial charge on any atom is -0.497 e. The predicted molar refractivity (Wildman–Crippen MR) is 87.0 cm³/mol. The number of likely N-dealkylation sites (tertiary alicyclic amines) is 1. The largest absolute Gasteiger partial charge is 0.497 e. The van der Waals surface area contributed by atoms with Crippen LogP contribution in [-0.4, -0.2) is 41.5 Å². The molecule has 0 aliphatic carbocycles. The van der Waals surface area contributed by atoms with Gasteiger partial charge in [0.1, 0.15) is 12.3 Å². The molecule has 1 aliphatic heterocycles. The summed E-state index contributed by atoms with van der Waals surface area (Å²) in [6.45, 7) is 1.50. The maximum atomic E-state index is 12.5. The molecule has 2 amide bonds. The Bertz CT molecular complexity index is 730. The number of piperidine rings is 1. The summed E-state index contributed by atoms with van der Waals surface area (Å²) in [6, 6.07) is 7.78. The first kappa shape index (κ1) is 15.4. The average molecular weight is 315 g/mol. The van der Waals surface area contributed by atoms with Crippen LogP contribution in [0.1, 0.15) is 12.8 Å². The minimum absolute atomic E-state index is 0.0706. The normalized spacial score (nSPS) is 15.8. The van der Waals surface area contributed by atoms with Crippen molar-refractivity contribution in [3.8, 4) is 5.75 Å². The highest BCUT2D eigenvalue weighted by atomic mass is 16.5. The van der Waals surface area contributed by atoms with Crippen LogP contribution in [0.15, 0.2) is 30.5 Å². The fraction of sp³-hybridized carbons (Fsp3) is 0.412. The summed E-state index contributed by atoms with van der Waals surface area (Å²) in [7, 11) is 1.64. The SMILES string of the molecule is COc1ccc2c(ccn2CC(=O)N2CCC(C(N)=O)CC2)c1. The minimum atomic E-state index is -0.262. The third kappa shape index (κ3) is 3.16. The lowest BCUT2D eigenvalue weighted by Gasteiger charge is -2.30. The zero-order chi connectivity index (χ0) is 16.4. The van der Waals surface area contributed by atoms with Gasteiger partial charge < -0.3 is 19.9 Å². The number of aromatic nitrogens is 1. The van der Waals surface area contributed by atoms with Crippen LogP contribution in [-0.2, 0) is 16.1 Å². The van der Waals surface area contributed by atoms with Crippen LogP contribution in [0.2, 0.25) is 0 Å². The van der Waals surface area contributed by atoms with Gasteiger partial charge in [-0.1, -0.05) is 0 Å². The van der Waals surface area contributed by atoms with Crippen molar-refractivity contribution in [3.05, 3.63) is 30.5 Å². The molecule has 0 bridgehead atoms. The number of fused-ring (bicyclic) bond motifs is 1. The number of methoxy groups -OCH3 is 1. The number of amides is 2. The molecule has 122 valence electrons. The molecule has 0 spiro atoms. The van der Waals surface area contributed by atoms with Gasteiger partial charge in [0.05, 0.1) is 7.11 Å². The van der Waals surface area contributed by atoms with Gasteiger partial charge >= 0.3 is 0 Å². The Hall–Kier alpha value is -2.50. The lowest BCUT2D eigenvalue weighted by molar-refractivity contribution is -0.135. The van der Waals surface area contributed by atoms with Crippen molar-refractivity contribution in [2.45, 2.75) is 19.4 Å². The molecule has 1 aromatic carbocycles. The van der Waals surface area contributed by atoms with Gasteiger partial charge in [-0.05, 0) is 37.1 Å². The summed E-state index contributed by atoms with van der Waals surface area (Å²) in [5.41, 5.74) is 6.33. The third-order valence-corrected chi connectivity index (χ3v) is 4.53. The molecule has 1 saturated heterocycles. The molecule has 1 fully saturated rings. The van der Waals surface area contributed by atoms with Crippen LogP contribution in [0.3, 0.4) is 0 Å². The van der Waals surface area contributed by atoms with E-state index in [0.29, 0.717) is 32.5 Å². The number of nitrogens with two attached hydrogens (primary N) is 1. The number of nitrogens with zero attached hydrogens (tertiary/aromatic N) is 2. The van der Waals surface area contributed by atoms with Gasteiger partial charge in [0.2, 0.25) is 11.8 Å². The van der Waals surface area contributed by atoms with E-state index in [2.05, 4.69) is 0 Å². The topological polar surface area (TPSA) is 77.6 Å². The van der Waals surface area contributed by atoms with Crippen molar-refractivity contribution >= 4 is 22.7 Å². The van der Waals surface area contributed by atoms with Crippen LogP contribution in [0.25, 0.3) is 10.9 Å². The van der Waals surface area contributed by atoms with Gasteiger partial charge in [-0.3, -0.25) is 9.59 Å². The van der Waals surface area contributed by atoms with E-state index in [9.17, 15) is 9.59 Å². The van der Waals surface area contributed by atoms with Crippen molar-refractivity contribution in [1.82, 2.24) is 9.47 Å². The third-order valence-electron chi connectivity index (χ3n) is 4.53.